The molecule has 2 aliphatic carbocycles. The molecule has 0 aromatic heterocycles. The van der Waals surface area contributed by atoms with Crippen molar-refractivity contribution in [1.29, 1.82) is 0 Å². The maximum absolute atomic E-state index is 12.2. The normalized spacial score (nSPS) is 29.9. The molecule has 1 aromatic rings. The van der Waals surface area contributed by atoms with Crippen molar-refractivity contribution in [3.63, 3.8) is 0 Å². The highest BCUT2D eigenvalue weighted by Gasteiger charge is 2.63. The van der Waals surface area contributed by atoms with Gasteiger partial charge in [-0.3, -0.25) is 4.79 Å². The van der Waals surface area contributed by atoms with Gasteiger partial charge in [-0.1, -0.05) is 50.5 Å². The topological polar surface area (TPSA) is 43.1 Å². The van der Waals surface area contributed by atoms with Gasteiger partial charge in [0.1, 0.15) is 4.33 Å². The van der Waals surface area contributed by atoms with Crippen molar-refractivity contribution < 1.29 is 4.79 Å². The molecule has 1 amide bonds. The zero-order valence-corrected chi connectivity index (χ0v) is 13.8. The Labute approximate surface area is 136 Å². The molecule has 4 heteroatoms. The maximum atomic E-state index is 12.2. The monoisotopic (exact) mass is 325 g/mol. The minimum atomic E-state index is -0.696. The first-order valence-electron chi connectivity index (χ1n) is 7.61. The van der Waals surface area contributed by atoms with Crippen molar-refractivity contribution in [3.05, 3.63) is 35.4 Å². The number of amides is 1. The summed E-state index contributed by atoms with van der Waals surface area (Å²) >= 11 is 12.6. The van der Waals surface area contributed by atoms with Crippen LogP contribution in [0, 0.1) is 0 Å². The first kappa shape index (κ1) is 15.2. The van der Waals surface area contributed by atoms with Crippen LogP contribution in [0.1, 0.15) is 56.6 Å². The molecule has 0 radical (unpaired) electrons. The zero-order chi connectivity index (χ0) is 15.3. The Morgan fingerprint density at radius 1 is 1.14 bits per heavy atom. The summed E-state index contributed by atoms with van der Waals surface area (Å²) in [6.07, 6.45) is 5.72. The van der Waals surface area contributed by atoms with Crippen LogP contribution in [-0.2, 0) is 15.6 Å². The van der Waals surface area contributed by atoms with Crippen molar-refractivity contribution in [2.24, 2.45) is 5.73 Å². The fourth-order valence-electron chi connectivity index (χ4n) is 3.71. The Hall–Kier alpha value is -0.730. The summed E-state index contributed by atoms with van der Waals surface area (Å²) in [5, 5.41) is 0. The number of carbonyl (C=O) groups is 1. The molecule has 0 bridgehead atoms. The van der Waals surface area contributed by atoms with Crippen LogP contribution in [0.3, 0.4) is 0 Å². The van der Waals surface area contributed by atoms with Gasteiger partial charge < -0.3 is 5.73 Å². The molecule has 0 spiro atoms. The average molecular weight is 326 g/mol. The van der Waals surface area contributed by atoms with Crippen molar-refractivity contribution >= 4 is 29.1 Å². The molecule has 2 saturated carbocycles. The van der Waals surface area contributed by atoms with Gasteiger partial charge in [0.05, 0.1) is 5.41 Å². The lowest BCUT2D eigenvalue weighted by atomic mass is 9.68. The van der Waals surface area contributed by atoms with Crippen LogP contribution >= 0.6 is 23.2 Å². The summed E-state index contributed by atoms with van der Waals surface area (Å²) in [5.74, 6) is -0.205. The Balaban J connectivity index is 2.01. The van der Waals surface area contributed by atoms with Gasteiger partial charge >= 0.3 is 0 Å². The van der Waals surface area contributed by atoms with Gasteiger partial charge in [-0.05, 0) is 30.4 Å². The number of hydrogen-bond donors (Lipinski definition) is 1. The van der Waals surface area contributed by atoms with Crippen molar-refractivity contribution in [2.75, 3.05) is 0 Å². The molecule has 2 nitrogen and oxygen atoms in total. The lowest BCUT2D eigenvalue weighted by Crippen LogP contribution is -2.42. The highest BCUT2D eigenvalue weighted by Crippen LogP contribution is 2.64. The zero-order valence-electron chi connectivity index (χ0n) is 12.3. The lowest BCUT2D eigenvalue weighted by Gasteiger charge is -2.35. The summed E-state index contributed by atoms with van der Waals surface area (Å²) < 4.78 is -0.696. The van der Waals surface area contributed by atoms with E-state index in [1.807, 2.05) is 18.2 Å². The predicted octanol–water partition coefficient (Wildman–Crippen LogP) is 4.21. The minimum Gasteiger partial charge on any atom is -0.369 e. The quantitative estimate of drug-likeness (QED) is 0.831. The molecular weight excluding hydrogens is 305 g/mol. The average Bonchev–Trinajstić information content (AvgIpc) is 3.00. The third kappa shape index (κ3) is 2.27. The number of alkyl halides is 2. The molecule has 0 saturated heterocycles. The molecule has 0 aliphatic heterocycles. The van der Waals surface area contributed by atoms with E-state index in [2.05, 4.69) is 13.0 Å². The van der Waals surface area contributed by atoms with Gasteiger partial charge in [-0.2, -0.15) is 0 Å². The van der Waals surface area contributed by atoms with Gasteiger partial charge in [0.2, 0.25) is 5.91 Å². The fraction of sp³-hybridized carbons (Fsp3) is 0.588. The van der Waals surface area contributed by atoms with Crippen molar-refractivity contribution in [3.8, 4) is 0 Å². The van der Waals surface area contributed by atoms with Crippen molar-refractivity contribution in [2.45, 2.75) is 60.6 Å². The van der Waals surface area contributed by atoms with E-state index >= 15 is 0 Å². The molecule has 21 heavy (non-hydrogen) atoms. The van der Waals surface area contributed by atoms with E-state index < -0.39 is 9.75 Å². The molecule has 1 unspecified atom stereocenters. The smallest absolute Gasteiger partial charge is 0.228 e. The van der Waals surface area contributed by atoms with E-state index in [0.29, 0.717) is 0 Å². The number of carbonyl (C=O) groups excluding carboxylic acids is 1. The Kier molecular flexibility index (Phi) is 3.53. The lowest BCUT2D eigenvalue weighted by molar-refractivity contribution is -0.124. The third-order valence-corrected chi connectivity index (χ3v) is 6.59. The number of primary amides is 1. The molecule has 2 aliphatic rings. The van der Waals surface area contributed by atoms with Gasteiger partial charge in [0, 0.05) is 5.41 Å². The third-order valence-electron chi connectivity index (χ3n) is 5.49. The van der Waals surface area contributed by atoms with Crippen LogP contribution in [0.15, 0.2) is 24.3 Å². The van der Waals surface area contributed by atoms with E-state index in [0.717, 1.165) is 43.2 Å². The highest BCUT2D eigenvalue weighted by molar-refractivity contribution is 6.52. The molecule has 3 rings (SSSR count). The Morgan fingerprint density at radius 3 is 2.24 bits per heavy atom. The van der Waals surface area contributed by atoms with Crippen LogP contribution in [0.25, 0.3) is 0 Å². The van der Waals surface area contributed by atoms with Gasteiger partial charge in [-0.15, -0.1) is 23.2 Å². The van der Waals surface area contributed by atoms with E-state index in [9.17, 15) is 4.79 Å². The van der Waals surface area contributed by atoms with E-state index in [1.165, 1.54) is 6.42 Å². The second kappa shape index (κ2) is 4.89. The molecule has 0 heterocycles. The number of rotatable bonds is 3. The number of hydrogen-bond acceptors (Lipinski definition) is 1. The standard InChI is InChI=1S/C17H21Cl2NO/c1-15(11-17(15,18)19)12-6-5-7-13(10-12)16(14(20)21)8-3-2-4-9-16/h5-7,10H,2-4,8-9,11H2,1H3,(H2,20,21). The molecule has 114 valence electrons. The van der Waals surface area contributed by atoms with Crippen LogP contribution in [0.4, 0.5) is 0 Å². The fourth-order valence-corrected chi connectivity index (χ4v) is 4.46. The molecular formula is C17H21Cl2NO. The van der Waals surface area contributed by atoms with Crippen molar-refractivity contribution in [1.82, 2.24) is 0 Å². The summed E-state index contributed by atoms with van der Waals surface area (Å²) in [4.78, 5) is 12.2. The highest BCUT2D eigenvalue weighted by atomic mass is 35.5. The van der Waals surface area contributed by atoms with E-state index in [1.54, 1.807) is 0 Å². The molecule has 2 fully saturated rings. The van der Waals surface area contributed by atoms with Crippen LogP contribution in [0.2, 0.25) is 0 Å². The largest absolute Gasteiger partial charge is 0.369 e. The molecule has 2 N–H and O–H groups in total. The Morgan fingerprint density at radius 2 is 1.71 bits per heavy atom. The molecule has 1 atom stereocenters. The van der Waals surface area contributed by atoms with Gasteiger partial charge in [0.25, 0.3) is 0 Å². The minimum absolute atomic E-state index is 0.205. The number of nitrogens with two attached hydrogens (primary N) is 1. The predicted molar refractivity (Wildman–Crippen MR) is 86.8 cm³/mol. The SMILES string of the molecule is CC1(c2cccc(C3(C(N)=O)CCCCC3)c2)CC1(Cl)Cl. The first-order valence-corrected chi connectivity index (χ1v) is 8.36. The first-order chi connectivity index (χ1) is 9.82. The van der Waals surface area contributed by atoms with Crippen LogP contribution in [-0.4, -0.2) is 10.2 Å². The summed E-state index contributed by atoms with van der Waals surface area (Å²) in [6.45, 7) is 2.07. The second-order valence-electron chi connectivity index (χ2n) is 6.80. The summed E-state index contributed by atoms with van der Waals surface area (Å²) in [7, 11) is 0. The number of benzene rings is 1. The number of halogens is 2. The van der Waals surface area contributed by atoms with E-state index in [4.69, 9.17) is 28.9 Å². The summed E-state index contributed by atoms with van der Waals surface area (Å²) in [6, 6.07) is 8.17. The van der Waals surface area contributed by atoms with Crippen LogP contribution < -0.4 is 5.73 Å². The van der Waals surface area contributed by atoms with E-state index in [-0.39, 0.29) is 11.3 Å². The van der Waals surface area contributed by atoms with Crippen LogP contribution in [0.5, 0.6) is 0 Å². The van der Waals surface area contributed by atoms with Gasteiger partial charge in [0.15, 0.2) is 0 Å². The molecule has 1 aromatic carbocycles. The van der Waals surface area contributed by atoms with Gasteiger partial charge in [-0.25, -0.2) is 0 Å². The second-order valence-corrected chi connectivity index (χ2v) is 8.29. The summed E-state index contributed by atoms with van der Waals surface area (Å²) in [5.41, 5.74) is 7.17. The Bertz CT molecular complexity index is 578. The maximum Gasteiger partial charge on any atom is 0.228 e.